The van der Waals surface area contributed by atoms with Crippen molar-refractivity contribution < 1.29 is 24.2 Å². The SMILES string of the molecule is CC(C)(C)OC(=O)NCCc1c(C(=O)O)nnn1CC(N)=O. The van der Waals surface area contributed by atoms with Crippen LogP contribution in [-0.2, 0) is 22.5 Å². The Hall–Kier alpha value is -2.65. The van der Waals surface area contributed by atoms with Gasteiger partial charge in [0.05, 0.1) is 5.69 Å². The summed E-state index contributed by atoms with van der Waals surface area (Å²) in [5, 5.41) is 18.6. The smallest absolute Gasteiger partial charge is 0.407 e. The van der Waals surface area contributed by atoms with Crippen LogP contribution in [0.25, 0.3) is 0 Å². The van der Waals surface area contributed by atoms with Crippen molar-refractivity contribution in [1.29, 1.82) is 0 Å². The maximum Gasteiger partial charge on any atom is 0.407 e. The van der Waals surface area contributed by atoms with Crippen molar-refractivity contribution in [2.45, 2.75) is 39.3 Å². The number of aromatic carboxylic acids is 1. The minimum Gasteiger partial charge on any atom is -0.476 e. The van der Waals surface area contributed by atoms with E-state index in [2.05, 4.69) is 15.6 Å². The average Bonchev–Trinajstić information content (AvgIpc) is 2.69. The molecule has 0 atom stereocenters. The number of carboxylic acid groups (broad SMARTS) is 1. The van der Waals surface area contributed by atoms with E-state index in [9.17, 15) is 14.4 Å². The summed E-state index contributed by atoms with van der Waals surface area (Å²) >= 11 is 0. The number of nitrogens with two attached hydrogens (primary N) is 1. The van der Waals surface area contributed by atoms with Crippen molar-refractivity contribution in [3.8, 4) is 0 Å². The van der Waals surface area contributed by atoms with Crippen LogP contribution in [-0.4, -0.2) is 50.2 Å². The number of alkyl carbamates (subject to hydrolysis) is 1. The Morgan fingerprint density at radius 2 is 2.00 bits per heavy atom. The van der Waals surface area contributed by atoms with Crippen molar-refractivity contribution in [3.05, 3.63) is 11.4 Å². The molecule has 2 amide bonds. The Morgan fingerprint density at radius 1 is 1.36 bits per heavy atom. The van der Waals surface area contributed by atoms with Crippen LogP contribution in [0.5, 0.6) is 0 Å². The topological polar surface area (TPSA) is 149 Å². The molecule has 1 heterocycles. The van der Waals surface area contributed by atoms with Crippen LogP contribution >= 0.6 is 0 Å². The third-order valence-corrected chi connectivity index (χ3v) is 2.38. The Kier molecular flexibility index (Phi) is 5.44. The summed E-state index contributed by atoms with van der Waals surface area (Å²) in [6, 6.07) is 0. The molecule has 0 aliphatic rings. The van der Waals surface area contributed by atoms with Gasteiger partial charge in [-0.05, 0) is 20.8 Å². The van der Waals surface area contributed by atoms with Gasteiger partial charge in [0, 0.05) is 13.0 Å². The first-order valence-electron chi connectivity index (χ1n) is 6.51. The molecule has 0 saturated heterocycles. The van der Waals surface area contributed by atoms with Gasteiger partial charge in [-0.15, -0.1) is 5.10 Å². The van der Waals surface area contributed by atoms with Crippen LogP contribution in [0.15, 0.2) is 0 Å². The van der Waals surface area contributed by atoms with Crippen LogP contribution in [0, 0.1) is 0 Å². The van der Waals surface area contributed by atoms with Crippen molar-refractivity contribution in [3.63, 3.8) is 0 Å². The van der Waals surface area contributed by atoms with Crippen LogP contribution in [0.4, 0.5) is 4.79 Å². The van der Waals surface area contributed by atoms with E-state index in [0.717, 1.165) is 4.68 Å². The molecule has 0 unspecified atom stereocenters. The summed E-state index contributed by atoms with van der Waals surface area (Å²) in [5.41, 5.74) is 4.34. The fraction of sp³-hybridized carbons (Fsp3) is 0.583. The third-order valence-electron chi connectivity index (χ3n) is 2.38. The van der Waals surface area contributed by atoms with Crippen molar-refractivity contribution in [2.24, 2.45) is 5.73 Å². The number of carboxylic acids is 1. The van der Waals surface area contributed by atoms with Crippen molar-refractivity contribution in [2.75, 3.05) is 6.54 Å². The lowest BCUT2D eigenvalue weighted by molar-refractivity contribution is -0.118. The monoisotopic (exact) mass is 313 g/mol. The lowest BCUT2D eigenvalue weighted by atomic mass is 10.2. The quantitative estimate of drug-likeness (QED) is 0.642. The zero-order valence-corrected chi connectivity index (χ0v) is 12.6. The highest BCUT2D eigenvalue weighted by atomic mass is 16.6. The maximum absolute atomic E-state index is 11.5. The van der Waals surface area contributed by atoms with E-state index in [4.69, 9.17) is 15.6 Å². The van der Waals surface area contributed by atoms with E-state index in [1.165, 1.54) is 0 Å². The predicted molar refractivity (Wildman–Crippen MR) is 74.1 cm³/mol. The largest absolute Gasteiger partial charge is 0.476 e. The Bertz CT molecular complexity index is 575. The second-order valence-electron chi connectivity index (χ2n) is 5.49. The van der Waals surface area contributed by atoms with Crippen molar-refractivity contribution in [1.82, 2.24) is 20.3 Å². The predicted octanol–water partition coefficient (Wildman–Crippen LogP) is -0.471. The molecule has 0 aromatic carbocycles. The molecule has 1 rings (SSSR count). The van der Waals surface area contributed by atoms with Gasteiger partial charge in [0.1, 0.15) is 12.1 Å². The van der Waals surface area contributed by atoms with E-state index < -0.39 is 23.6 Å². The van der Waals surface area contributed by atoms with Crippen LogP contribution in [0.2, 0.25) is 0 Å². The van der Waals surface area contributed by atoms with Crippen LogP contribution in [0.3, 0.4) is 0 Å². The number of nitrogens with one attached hydrogen (secondary N) is 1. The molecule has 0 radical (unpaired) electrons. The van der Waals surface area contributed by atoms with E-state index in [0.29, 0.717) is 0 Å². The minimum absolute atomic E-state index is 0.0985. The second kappa shape index (κ2) is 6.87. The molecule has 10 nitrogen and oxygen atoms in total. The molecule has 0 aliphatic heterocycles. The number of hydrogen-bond donors (Lipinski definition) is 3. The normalized spacial score (nSPS) is 11.0. The Balaban J connectivity index is 2.71. The van der Waals surface area contributed by atoms with E-state index in [1.54, 1.807) is 20.8 Å². The lowest BCUT2D eigenvalue weighted by Gasteiger charge is -2.19. The average molecular weight is 313 g/mol. The number of rotatable bonds is 6. The van der Waals surface area contributed by atoms with Crippen LogP contribution in [0.1, 0.15) is 37.0 Å². The fourth-order valence-corrected chi connectivity index (χ4v) is 1.62. The van der Waals surface area contributed by atoms with E-state index >= 15 is 0 Å². The first-order valence-corrected chi connectivity index (χ1v) is 6.51. The molecular formula is C12H19N5O5. The van der Waals surface area contributed by atoms with Gasteiger partial charge in [0.15, 0.2) is 5.69 Å². The number of amides is 2. The molecule has 0 fully saturated rings. The van der Waals surface area contributed by atoms with Gasteiger partial charge < -0.3 is 20.9 Å². The highest BCUT2D eigenvalue weighted by Crippen LogP contribution is 2.08. The lowest BCUT2D eigenvalue weighted by Crippen LogP contribution is -2.34. The first-order chi connectivity index (χ1) is 10.1. The second-order valence-corrected chi connectivity index (χ2v) is 5.49. The van der Waals surface area contributed by atoms with Gasteiger partial charge >= 0.3 is 12.1 Å². The number of primary amides is 1. The molecule has 1 aromatic rings. The summed E-state index contributed by atoms with van der Waals surface area (Å²) in [5.74, 6) is -1.95. The molecule has 1 aromatic heterocycles. The zero-order chi connectivity index (χ0) is 16.9. The standard InChI is InChI=1S/C12H19N5O5/c1-12(2,3)22-11(21)14-5-4-7-9(10(19)20)15-16-17(7)6-8(13)18/h4-6H2,1-3H3,(H2,13,18)(H,14,21)(H,19,20). The molecule has 0 spiro atoms. The van der Waals surface area contributed by atoms with Crippen LogP contribution < -0.4 is 11.1 Å². The van der Waals surface area contributed by atoms with Gasteiger partial charge in [-0.3, -0.25) is 4.79 Å². The molecule has 22 heavy (non-hydrogen) atoms. The maximum atomic E-state index is 11.5. The van der Waals surface area contributed by atoms with Gasteiger partial charge in [-0.1, -0.05) is 5.21 Å². The third kappa shape index (κ3) is 5.38. The molecule has 0 aliphatic carbocycles. The summed E-state index contributed by atoms with van der Waals surface area (Å²) < 4.78 is 6.15. The van der Waals surface area contributed by atoms with Crippen molar-refractivity contribution >= 4 is 18.0 Å². The number of nitrogens with zero attached hydrogens (tertiary/aromatic N) is 3. The highest BCUT2D eigenvalue weighted by molar-refractivity contribution is 5.86. The molecule has 0 bridgehead atoms. The fourth-order valence-electron chi connectivity index (χ4n) is 1.62. The Morgan fingerprint density at radius 3 is 2.50 bits per heavy atom. The Labute approximate surface area is 126 Å². The highest BCUT2D eigenvalue weighted by Gasteiger charge is 2.20. The molecule has 0 saturated carbocycles. The number of carbonyl (C=O) groups excluding carboxylic acids is 2. The first kappa shape index (κ1) is 17.4. The molecule has 122 valence electrons. The minimum atomic E-state index is -1.28. The number of hydrogen-bond acceptors (Lipinski definition) is 6. The summed E-state index contributed by atoms with van der Waals surface area (Å²) in [7, 11) is 0. The molecule has 4 N–H and O–H groups in total. The number of ether oxygens (including phenoxy) is 1. The molecule has 10 heteroatoms. The van der Waals surface area contributed by atoms with E-state index in [-0.39, 0.29) is 30.9 Å². The number of aromatic nitrogens is 3. The van der Waals surface area contributed by atoms with Gasteiger partial charge in [0.25, 0.3) is 0 Å². The van der Waals surface area contributed by atoms with Gasteiger partial charge in [-0.25, -0.2) is 14.3 Å². The molecular weight excluding hydrogens is 294 g/mol. The zero-order valence-electron chi connectivity index (χ0n) is 12.6. The summed E-state index contributed by atoms with van der Waals surface area (Å²) in [4.78, 5) is 33.5. The summed E-state index contributed by atoms with van der Waals surface area (Å²) in [6.45, 7) is 4.98. The number of carbonyl (C=O) groups is 3. The summed E-state index contributed by atoms with van der Waals surface area (Å²) in [6.07, 6.45) is -0.514. The van der Waals surface area contributed by atoms with E-state index in [1.807, 2.05) is 0 Å². The van der Waals surface area contributed by atoms with Gasteiger partial charge in [0.2, 0.25) is 5.91 Å². The van der Waals surface area contributed by atoms with Gasteiger partial charge in [-0.2, -0.15) is 0 Å².